The van der Waals surface area contributed by atoms with E-state index in [0.717, 1.165) is 11.1 Å². The van der Waals surface area contributed by atoms with Crippen molar-refractivity contribution in [1.29, 1.82) is 0 Å². The van der Waals surface area contributed by atoms with Crippen LogP contribution in [0.5, 0.6) is 0 Å². The van der Waals surface area contributed by atoms with Crippen LogP contribution in [0.25, 0.3) is 0 Å². The molecule has 0 spiro atoms. The van der Waals surface area contributed by atoms with Crippen LogP contribution in [-0.2, 0) is 16.0 Å². The fraction of sp³-hybridized carbons (Fsp3) is 0.280. The number of carbonyl (C=O) groups excluding carboxylic acids is 2. The number of aliphatic hydroxyl groups excluding tert-OH is 1. The van der Waals surface area contributed by atoms with E-state index in [2.05, 4.69) is 17.2 Å². The number of aliphatic hydroxyl groups is 1. The largest absolute Gasteiger partial charge is 0.450 e. The summed E-state index contributed by atoms with van der Waals surface area (Å²) >= 11 is 0. The highest BCUT2D eigenvalue weighted by Gasteiger charge is 2.15. The number of anilines is 3. The summed E-state index contributed by atoms with van der Waals surface area (Å²) in [5.41, 5.74) is 2.92. The van der Waals surface area contributed by atoms with E-state index in [1.54, 1.807) is 56.3 Å². The first-order chi connectivity index (χ1) is 16.4. The molecule has 0 saturated heterocycles. The molecule has 0 aliphatic carbocycles. The minimum Gasteiger partial charge on any atom is -0.450 e. The normalized spacial score (nSPS) is 10.6. The van der Waals surface area contributed by atoms with Crippen LogP contribution in [0.1, 0.15) is 19.4 Å². The molecule has 2 amide bonds. The summed E-state index contributed by atoms with van der Waals surface area (Å²) in [6.07, 6.45) is 1.96. The summed E-state index contributed by atoms with van der Waals surface area (Å²) in [6, 6.07) is 11.2. The molecule has 9 heteroatoms. The van der Waals surface area contributed by atoms with Gasteiger partial charge in [-0.3, -0.25) is 10.6 Å². The fourth-order valence-corrected chi connectivity index (χ4v) is 3.06. The van der Waals surface area contributed by atoms with E-state index >= 15 is 0 Å². The summed E-state index contributed by atoms with van der Waals surface area (Å²) in [6.45, 7) is 8.45. The number of halogens is 1. The van der Waals surface area contributed by atoms with Gasteiger partial charge in [-0.2, -0.15) is 0 Å². The van der Waals surface area contributed by atoms with Crippen molar-refractivity contribution in [1.82, 2.24) is 0 Å². The van der Waals surface area contributed by atoms with Crippen LogP contribution in [0.15, 0.2) is 66.8 Å². The predicted molar refractivity (Wildman–Crippen MR) is 131 cm³/mol. The maximum Gasteiger partial charge on any atom is 0.411 e. The predicted octanol–water partition coefficient (Wildman–Crippen LogP) is 5.07. The van der Waals surface area contributed by atoms with Gasteiger partial charge in [-0.05, 0) is 55.3 Å². The number of carbonyl (C=O) groups is 2. The third-order valence-electron chi connectivity index (χ3n) is 4.53. The lowest BCUT2D eigenvalue weighted by molar-refractivity contribution is 0.166. The van der Waals surface area contributed by atoms with Gasteiger partial charge < -0.3 is 19.5 Å². The molecule has 2 aromatic carbocycles. The quantitative estimate of drug-likeness (QED) is 0.396. The van der Waals surface area contributed by atoms with E-state index in [1.807, 2.05) is 4.90 Å². The lowest BCUT2D eigenvalue weighted by Crippen LogP contribution is -2.25. The molecular formula is C25H30FN3O5. The molecule has 0 atom stereocenters. The molecule has 0 bridgehead atoms. The van der Waals surface area contributed by atoms with Gasteiger partial charge in [0, 0.05) is 18.8 Å². The van der Waals surface area contributed by atoms with Gasteiger partial charge in [0.25, 0.3) is 0 Å². The summed E-state index contributed by atoms with van der Waals surface area (Å²) in [4.78, 5) is 26.0. The van der Waals surface area contributed by atoms with E-state index < -0.39 is 12.2 Å². The Morgan fingerprint density at radius 2 is 1.65 bits per heavy atom. The molecule has 2 aromatic rings. The minimum atomic E-state index is -0.674. The van der Waals surface area contributed by atoms with E-state index in [0.29, 0.717) is 30.2 Å². The van der Waals surface area contributed by atoms with E-state index in [1.165, 1.54) is 12.1 Å². The van der Waals surface area contributed by atoms with Crippen LogP contribution < -0.4 is 15.5 Å². The van der Waals surface area contributed by atoms with Crippen molar-refractivity contribution in [2.24, 2.45) is 0 Å². The third-order valence-corrected chi connectivity index (χ3v) is 4.53. The Morgan fingerprint density at radius 3 is 2.24 bits per heavy atom. The Morgan fingerprint density at radius 1 is 1.03 bits per heavy atom. The summed E-state index contributed by atoms with van der Waals surface area (Å²) in [5.74, 6) is -0.332. The maximum atomic E-state index is 13.4. The van der Waals surface area contributed by atoms with Gasteiger partial charge >= 0.3 is 12.2 Å². The zero-order valence-corrected chi connectivity index (χ0v) is 19.3. The second-order valence-corrected chi connectivity index (χ2v) is 7.15. The van der Waals surface area contributed by atoms with Gasteiger partial charge in [0.15, 0.2) is 0 Å². The maximum absolute atomic E-state index is 13.4. The van der Waals surface area contributed by atoms with Crippen molar-refractivity contribution < 1.29 is 28.6 Å². The molecule has 3 N–H and O–H groups in total. The lowest BCUT2D eigenvalue weighted by atomic mass is 10.1. The Bertz CT molecular complexity index is 1010. The highest BCUT2D eigenvalue weighted by atomic mass is 19.1. The van der Waals surface area contributed by atoms with Crippen LogP contribution in [-0.4, -0.2) is 43.7 Å². The van der Waals surface area contributed by atoms with Crippen LogP contribution in [0.2, 0.25) is 0 Å². The number of hydrogen-bond acceptors (Lipinski definition) is 6. The van der Waals surface area contributed by atoms with Crippen molar-refractivity contribution in [3.63, 3.8) is 0 Å². The number of amides is 2. The SMILES string of the molecule is C=C(/C=C/CO)CN(Cc1ccc(F)cc1)c1ccc(NC(=O)OCC)c(NC(=O)OCC)c1. The van der Waals surface area contributed by atoms with E-state index in [4.69, 9.17) is 14.6 Å². The van der Waals surface area contributed by atoms with Crippen molar-refractivity contribution in [2.75, 3.05) is 41.9 Å². The summed E-state index contributed by atoms with van der Waals surface area (Å²) < 4.78 is 23.3. The van der Waals surface area contributed by atoms with Gasteiger partial charge in [0.1, 0.15) is 5.82 Å². The van der Waals surface area contributed by atoms with Crippen molar-refractivity contribution in [3.8, 4) is 0 Å². The summed E-state index contributed by atoms with van der Waals surface area (Å²) in [5, 5.41) is 14.3. The Hall–Kier alpha value is -3.85. The van der Waals surface area contributed by atoms with Gasteiger partial charge in [-0.1, -0.05) is 30.9 Å². The highest BCUT2D eigenvalue weighted by molar-refractivity contribution is 5.96. The van der Waals surface area contributed by atoms with Crippen LogP contribution in [0, 0.1) is 5.82 Å². The second kappa shape index (κ2) is 13.6. The molecule has 182 valence electrons. The first kappa shape index (κ1) is 26.4. The summed E-state index contributed by atoms with van der Waals surface area (Å²) in [7, 11) is 0. The number of nitrogens with zero attached hydrogens (tertiary/aromatic N) is 1. The number of ether oxygens (including phenoxy) is 2. The zero-order valence-electron chi connectivity index (χ0n) is 19.3. The Labute approximate surface area is 198 Å². The van der Waals surface area contributed by atoms with E-state index in [-0.39, 0.29) is 25.6 Å². The molecule has 0 heterocycles. The molecule has 2 rings (SSSR count). The molecule has 0 fully saturated rings. The van der Waals surface area contributed by atoms with Crippen LogP contribution in [0.3, 0.4) is 0 Å². The Kier molecular flexibility index (Phi) is 10.6. The van der Waals surface area contributed by atoms with E-state index in [9.17, 15) is 14.0 Å². The first-order valence-corrected chi connectivity index (χ1v) is 10.8. The number of benzene rings is 2. The van der Waals surface area contributed by atoms with Gasteiger partial charge in [0.05, 0.1) is 31.2 Å². The third kappa shape index (κ3) is 8.59. The van der Waals surface area contributed by atoms with Gasteiger partial charge in [-0.25, -0.2) is 14.0 Å². The van der Waals surface area contributed by atoms with Crippen molar-refractivity contribution >= 4 is 29.2 Å². The molecular weight excluding hydrogens is 441 g/mol. The second-order valence-electron chi connectivity index (χ2n) is 7.15. The average Bonchev–Trinajstić information content (AvgIpc) is 2.80. The first-order valence-electron chi connectivity index (χ1n) is 10.8. The molecule has 34 heavy (non-hydrogen) atoms. The molecule has 0 aliphatic heterocycles. The van der Waals surface area contributed by atoms with Crippen LogP contribution >= 0.6 is 0 Å². The van der Waals surface area contributed by atoms with Crippen molar-refractivity contribution in [2.45, 2.75) is 20.4 Å². The Balaban J connectivity index is 2.41. The smallest absolute Gasteiger partial charge is 0.411 e. The molecule has 8 nitrogen and oxygen atoms in total. The van der Waals surface area contributed by atoms with Gasteiger partial charge in [0.2, 0.25) is 0 Å². The number of nitrogens with one attached hydrogen (secondary N) is 2. The topological polar surface area (TPSA) is 100 Å². The highest BCUT2D eigenvalue weighted by Crippen LogP contribution is 2.30. The van der Waals surface area contributed by atoms with Crippen molar-refractivity contribution in [3.05, 3.63) is 78.1 Å². The average molecular weight is 472 g/mol. The monoisotopic (exact) mass is 471 g/mol. The molecule has 0 aliphatic rings. The molecule has 0 aromatic heterocycles. The standard InChI is InChI=1S/C25H30FN3O5/c1-4-33-24(31)27-22-13-12-21(15-23(22)28-25(32)34-5-2)29(16-18(3)7-6-14-30)17-19-8-10-20(26)11-9-19/h6-13,15,30H,3-5,14,16-17H2,1-2H3,(H,27,31)(H,28,32)/b7-6+. The zero-order chi connectivity index (χ0) is 24.9. The number of hydrogen-bond donors (Lipinski definition) is 3. The fourth-order valence-electron chi connectivity index (χ4n) is 3.06. The number of rotatable bonds is 11. The lowest BCUT2D eigenvalue weighted by Gasteiger charge is -2.27. The minimum absolute atomic E-state index is 0.112. The molecule has 0 saturated carbocycles. The molecule has 0 unspecified atom stereocenters. The molecule has 0 radical (unpaired) electrons. The van der Waals surface area contributed by atoms with Crippen LogP contribution in [0.4, 0.5) is 31.0 Å². The van der Waals surface area contributed by atoms with Gasteiger partial charge in [-0.15, -0.1) is 0 Å².